The minimum absolute atomic E-state index is 0.0588. The lowest BCUT2D eigenvalue weighted by Crippen LogP contribution is -2.32. The van der Waals surface area contributed by atoms with Crippen molar-refractivity contribution in [2.45, 2.75) is 38.8 Å². The number of aromatic nitrogens is 2. The second kappa shape index (κ2) is 7.76. The Balaban J connectivity index is 1.41. The maximum Gasteiger partial charge on any atom is 0.320 e. The van der Waals surface area contributed by atoms with Crippen molar-refractivity contribution in [1.29, 1.82) is 0 Å². The minimum Gasteiger partial charge on any atom is -0.493 e. The number of likely N-dealkylation sites (N-methyl/N-ethyl adjacent to an activating group) is 1. The molecule has 1 fully saturated rings. The van der Waals surface area contributed by atoms with Gasteiger partial charge in [0.25, 0.3) is 0 Å². The summed E-state index contributed by atoms with van der Waals surface area (Å²) >= 11 is 0. The molecule has 5 rings (SSSR count). The summed E-state index contributed by atoms with van der Waals surface area (Å²) in [6, 6.07) is 13.6. The molecule has 3 aromatic rings. The van der Waals surface area contributed by atoms with Gasteiger partial charge in [-0.2, -0.15) is 9.97 Å². The van der Waals surface area contributed by atoms with Crippen molar-refractivity contribution in [2.24, 2.45) is 0 Å². The average Bonchev–Trinajstić information content (AvgIpc) is 3.16. The van der Waals surface area contributed by atoms with Crippen molar-refractivity contribution in [3.63, 3.8) is 0 Å². The molecule has 30 heavy (non-hydrogen) atoms. The summed E-state index contributed by atoms with van der Waals surface area (Å²) in [6.45, 7) is 5.25. The van der Waals surface area contributed by atoms with Gasteiger partial charge >= 0.3 is 6.01 Å². The maximum atomic E-state index is 10.5. The predicted octanol–water partition coefficient (Wildman–Crippen LogP) is 3.68. The van der Waals surface area contributed by atoms with Crippen molar-refractivity contribution in [1.82, 2.24) is 14.9 Å². The highest BCUT2D eigenvalue weighted by atomic mass is 16.5. The number of likely N-dealkylation sites (tertiary alicyclic amines) is 1. The van der Waals surface area contributed by atoms with Crippen LogP contribution in [-0.4, -0.2) is 52.8 Å². The van der Waals surface area contributed by atoms with Crippen molar-refractivity contribution in [2.75, 3.05) is 31.6 Å². The SMILES string of the molecule is Cc1cc(N2CCc3c(O)nc(OC[C@@H]4CCCN4C)nc3C2)c2ccccc2c1. The first-order chi connectivity index (χ1) is 14.6. The standard InChI is InChI=1S/C24H28N4O2/c1-16-12-17-6-3-4-8-19(17)22(13-16)28-11-9-20-21(14-28)25-24(26-23(20)29)30-15-18-7-5-10-27(18)2/h3-4,6,8,12-13,18H,5,7,9-11,14-15H2,1-2H3,(H,25,26,29)/t18-/m0/s1. The molecule has 0 spiro atoms. The van der Waals surface area contributed by atoms with Gasteiger partial charge in [-0.15, -0.1) is 0 Å². The Morgan fingerprint density at radius 2 is 2.03 bits per heavy atom. The number of hydrogen-bond acceptors (Lipinski definition) is 6. The van der Waals surface area contributed by atoms with Crippen LogP contribution in [0.25, 0.3) is 10.8 Å². The third-order valence-corrected chi connectivity index (χ3v) is 6.42. The molecule has 0 bridgehead atoms. The van der Waals surface area contributed by atoms with Crippen LogP contribution in [0, 0.1) is 6.92 Å². The molecule has 2 aliphatic heterocycles. The minimum atomic E-state index is 0.0588. The zero-order chi connectivity index (χ0) is 20.7. The summed E-state index contributed by atoms with van der Waals surface area (Å²) in [7, 11) is 2.12. The molecule has 1 aromatic heterocycles. The van der Waals surface area contributed by atoms with Gasteiger partial charge in [-0.3, -0.25) is 0 Å². The quantitative estimate of drug-likeness (QED) is 0.716. The first-order valence-electron chi connectivity index (χ1n) is 10.7. The summed E-state index contributed by atoms with van der Waals surface area (Å²) in [5.74, 6) is 0.0588. The molecular formula is C24H28N4O2. The zero-order valence-corrected chi connectivity index (χ0v) is 17.6. The predicted molar refractivity (Wildman–Crippen MR) is 118 cm³/mol. The van der Waals surface area contributed by atoms with E-state index in [9.17, 15) is 5.11 Å². The third kappa shape index (κ3) is 3.56. The molecule has 6 heteroatoms. The van der Waals surface area contributed by atoms with Crippen LogP contribution in [0.4, 0.5) is 5.69 Å². The Morgan fingerprint density at radius 1 is 1.17 bits per heavy atom. The van der Waals surface area contributed by atoms with E-state index < -0.39 is 0 Å². The zero-order valence-electron chi connectivity index (χ0n) is 17.6. The monoisotopic (exact) mass is 404 g/mol. The molecule has 1 saturated heterocycles. The normalized spacial score (nSPS) is 19.3. The van der Waals surface area contributed by atoms with E-state index in [-0.39, 0.29) is 11.9 Å². The lowest BCUT2D eigenvalue weighted by molar-refractivity contribution is 0.185. The van der Waals surface area contributed by atoms with Crippen LogP contribution in [0.3, 0.4) is 0 Å². The molecule has 6 nitrogen and oxygen atoms in total. The van der Waals surface area contributed by atoms with Gasteiger partial charge in [0, 0.05) is 29.2 Å². The van der Waals surface area contributed by atoms with Crippen molar-refractivity contribution in [3.05, 3.63) is 53.2 Å². The molecule has 0 saturated carbocycles. The van der Waals surface area contributed by atoms with E-state index in [4.69, 9.17) is 4.74 Å². The van der Waals surface area contributed by atoms with Crippen LogP contribution in [-0.2, 0) is 13.0 Å². The Labute approximate surface area is 177 Å². The van der Waals surface area contributed by atoms with Crippen LogP contribution in [0.5, 0.6) is 11.9 Å². The largest absolute Gasteiger partial charge is 0.493 e. The van der Waals surface area contributed by atoms with Gasteiger partial charge in [0.1, 0.15) is 6.61 Å². The van der Waals surface area contributed by atoms with Gasteiger partial charge in [-0.05, 0) is 56.8 Å². The van der Waals surface area contributed by atoms with Gasteiger partial charge in [0.05, 0.1) is 12.2 Å². The first kappa shape index (κ1) is 19.1. The molecule has 1 atom stereocenters. The Bertz CT molecular complexity index is 1080. The molecule has 0 radical (unpaired) electrons. The lowest BCUT2D eigenvalue weighted by atomic mass is 10.0. The number of hydrogen-bond donors (Lipinski definition) is 1. The Kier molecular flexibility index (Phi) is 4.95. The number of ether oxygens (including phenoxy) is 1. The van der Waals surface area contributed by atoms with Gasteiger partial charge in [-0.25, -0.2) is 0 Å². The highest BCUT2D eigenvalue weighted by molar-refractivity contribution is 5.95. The van der Waals surface area contributed by atoms with Crippen molar-refractivity contribution < 1.29 is 9.84 Å². The lowest BCUT2D eigenvalue weighted by Gasteiger charge is -2.31. The molecule has 1 N–H and O–H groups in total. The van der Waals surface area contributed by atoms with Gasteiger partial charge in [-0.1, -0.05) is 30.3 Å². The van der Waals surface area contributed by atoms with Crippen LogP contribution in [0.15, 0.2) is 36.4 Å². The number of aryl methyl sites for hydroxylation is 1. The highest BCUT2D eigenvalue weighted by Crippen LogP contribution is 2.34. The molecule has 2 aromatic carbocycles. The second-order valence-electron chi connectivity index (χ2n) is 8.52. The fourth-order valence-corrected chi connectivity index (χ4v) is 4.72. The summed E-state index contributed by atoms with van der Waals surface area (Å²) in [6.07, 6.45) is 3.04. The van der Waals surface area contributed by atoms with E-state index in [1.54, 1.807) is 0 Å². The summed E-state index contributed by atoms with van der Waals surface area (Å²) in [4.78, 5) is 13.6. The van der Waals surface area contributed by atoms with Gasteiger partial charge in [0.2, 0.25) is 5.88 Å². The molecule has 2 aliphatic rings. The topological polar surface area (TPSA) is 61.7 Å². The molecule has 156 valence electrons. The fourth-order valence-electron chi connectivity index (χ4n) is 4.72. The fraction of sp³-hybridized carbons (Fsp3) is 0.417. The summed E-state index contributed by atoms with van der Waals surface area (Å²) in [5.41, 5.74) is 4.15. The van der Waals surface area contributed by atoms with Gasteiger partial charge in [0.15, 0.2) is 0 Å². The van der Waals surface area contributed by atoms with E-state index >= 15 is 0 Å². The van der Waals surface area contributed by atoms with Crippen LogP contribution in [0.1, 0.15) is 29.7 Å². The molecule has 0 amide bonds. The maximum absolute atomic E-state index is 10.5. The average molecular weight is 405 g/mol. The number of aromatic hydroxyl groups is 1. The second-order valence-corrected chi connectivity index (χ2v) is 8.52. The number of fused-ring (bicyclic) bond motifs is 2. The summed E-state index contributed by atoms with van der Waals surface area (Å²) in [5, 5.41) is 13.0. The van der Waals surface area contributed by atoms with Crippen molar-refractivity contribution >= 4 is 16.5 Å². The number of benzene rings is 2. The van der Waals surface area contributed by atoms with E-state index in [2.05, 4.69) is 70.1 Å². The van der Waals surface area contributed by atoms with E-state index in [0.717, 1.165) is 37.2 Å². The van der Waals surface area contributed by atoms with E-state index in [0.29, 0.717) is 19.2 Å². The number of anilines is 1. The highest BCUT2D eigenvalue weighted by Gasteiger charge is 2.26. The smallest absolute Gasteiger partial charge is 0.320 e. The van der Waals surface area contributed by atoms with E-state index in [1.807, 2.05) is 0 Å². The van der Waals surface area contributed by atoms with E-state index in [1.165, 1.54) is 28.4 Å². The molecule has 0 aliphatic carbocycles. The molecule has 3 heterocycles. The first-order valence-corrected chi connectivity index (χ1v) is 10.7. The third-order valence-electron chi connectivity index (χ3n) is 6.42. The Hall–Kier alpha value is -2.86. The Morgan fingerprint density at radius 3 is 2.87 bits per heavy atom. The number of rotatable bonds is 4. The summed E-state index contributed by atoms with van der Waals surface area (Å²) < 4.78 is 5.90. The van der Waals surface area contributed by atoms with Crippen molar-refractivity contribution in [3.8, 4) is 11.9 Å². The van der Waals surface area contributed by atoms with Crippen LogP contribution in [0.2, 0.25) is 0 Å². The van der Waals surface area contributed by atoms with Crippen LogP contribution < -0.4 is 9.64 Å². The van der Waals surface area contributed by atoms with Gasteiger partial charge < -0.3 is 19.6 Å². The molecular weight excluding hydrogens is 376 g/mol. The molecule has 0 unspecified atom stereocenters. The van der Waals surface area contributed by atoms with Crippen LogP contribution >= 0.6 is 0 Å². The number of nitrogens with zero attached hydrogens (tertiary/aromatic N) is 4.